The van der Waals surface area contributed by atoms with Crippen LogP contribution in [0.15, 0.2) is 57.9 Å². The van der Waals surface area contributed by atoms with Crippen molar-refractivity contribution < 1.29 is 17.9 Å². The fraction of sp³-hybridized carbons (Fsp3) is 0.409. The first-order chi connectivity index (χ1) is 14.3. The molecule has 0 aliphatic heterocycles. The van der Waals surface area contributed by atoms with Crippen LogP contribution < -0.4 is 10.0 Å². The lowest BCUT2D eigenvalue weighted by Crippen LogP contribution is -2.38. The average molecular weight is 495 g/mol. The first-order valence-electron chi connectivity index (χ1n) is 9.96. The van der Waals surface area contributed by atoms with Crippen LogP contribution in [-0.2, 0) is 25.0 Å². The molecule has 0 radical (unpaired) electrons. The lowest BCUT2D eigenvalue weighted by atomic mass is 9.78. The van der Waals surface area contributed by atoms with Crippen LogP contribution >= 0.6 is 15.9 Å². The summed E-state index contributed by atoms with van der Waals surface area (Å²) in [5.41, 5.74) is 1.03. The average Bonchev–Trinajstić information content (AvgIpc) is 3.20. The van der Waals surface area contributed by atoms with Gasteiger partial charge in [0, 0.05) is 23.3 Å². The number of hydrogen-bond donors (Lipinski definition) is 2. The molecule has 1 amide bonds. The largest absolute Gasteiger partial charge is 0.383 e. The third-order valence-electron chi connectivity index (χ3n) is 5.48. The molecule has 30 heavy (non-hydrogen) atoms. The number of sulfonamides is 1. The monoisotopic (exact) mass is 494 g/mol. The van der Waals surface area contributed by atoms with E-state index in [0.717, 1.165) is 35.7 Å². The summed E-state index contributed by atoms with van der Waals surface area (Å²) in [5, 5.41) is 2.99. The van der Waals surface area contributed by atoms with Crippen LogP contribution in [0.25, 0.3) is 0 Å². The van der Waals surface area contributed by atoms with E-state index in [9.17, 15) is 13.2 Å². The van der Waals surface area contributed by atoms with Gasteiger partial charge in [-0.2, -0.15) is 0 Å². The zero-order chi connectivity index (χ0) is 21.8. The van der Waals surface area contributed by atoms with Gasteiger partial charge in [-0.1, -0.05) is 40.9 Å². The number of carbonyl (C=O) groups is 1. The maximum absolute atomic E-state index is 13.3. The summed E-state index contributed by atoms with van der Waals surface area (Å²) in [5.74, 6) is -0.0511. The Morgan fingerprint density at radius 2 is 1.70 bits per heavy atom. The second-order valence-corrected chi connectivity index (χ2v) is 10.4. The second-order valence-electron chi connectivity index (χ2n) is 7.75. The number of ether oxygens (including phenoxy) is 1. The standard InChI is InChI=1S/C22H27BrN2O4S/c1-16(15-29-2)25-30(27,28)20-11-9-19(10-12-20)24-21(26)22(13-3-4-14-22)17-5-7-18(23)8-6-17/h5-12,16,25H,3-4,13-15H2,1-2H3,(H,24,26). The molecule has 1 aliphatic rings. The SMILES string of the molecule is COCC(C)NS(=O)(=O)c1ccc(NC(=O)C2(c3ccc(Br)cc3)CCCC2)cc1. The normalized spacial score (nSPS) is 16.9. The van der Waals surface area contributed by atoms with E-state index in [2.05, 4.69) is 26.0 Å². The summed E-state index contributed by atoms with van der Waals surface area (Å²) in [7, 11) is -2.13. The minimum Gasteiger partial charge on any atom is -0.383 e. The van der Waals surface area contributed by atoms with Gasteiger partial charge >= 0.3 is 0 Å². The summed E-state index contributed by atoms with van der Waals surface area (Å²) in [6.07, 6.45) is 3.61. The highest BCUT2D eigenvalue weighted by molar-refractivity contribution is 9.10. The highest BCUT2D eigenvalue weighted by Crippen LogP contribution is 2.42. The molecule has 2 N–H and O–H groups in total. The number of methoxy groups -OCH3 is 1. The van der Waals surface area contributed by atoms with E-state index in [1.54, 1.807) is 19.1 Å². The molecule has 0 saturated heterocycles. The van der Waals surface area contributed by atoms with E-state index in [4.69, 9.17) is 4.74 Å². The van der Waals surface area contributed by atoms with Gasteiger partial charge in [0.1, 0.15) is 0 Å². The topological polar surface area (TPSA) is 84.5 Å². The van der Waals surface area contributed by atoms with E-state index in [1.807, 2.05) is 24.3 Å². The van der Waals surface area contributed by atoms with Crippen LogP contribution in [0.2, 0.25) is 0 Å². The Labute approximate surface area is 186 Å². The summed E-state index contributed by atoms with van der Waals surface area (Å²) in [4.78, 5) is 13.4. The van der Waals surface area contributed by atoms with Gasteiger partial charge < -0.3 is 10.1 Å². The smallest absolute Gasteiger partial charge is 0.240 e. The van der Waals surface area contributed by atoms with Crippen LogP contribution in [0.3, 0.4) is 0 Å². The quantitative estimate of drug-likeness (QED) is 0.575. The van der Waals surface area contributed by atoms with Gasteiger partial charge in [0.2, 0.25) is 15.9 Å². The molecule has 1 fully saturated rings. The van der Waals surface area contributed by atoms with E-state index in [0.29, 0.717) is 5.69 Å². The molecule has 1 atom stereocenters. The number of anilines is 1. The third-order valence-corrected chi connectivity index (χ3v) is 7.62. The van der Waals surface area contributed by atoms with E-state index < -0.39 is 15.4 Å². The zero-order valence-electron chi connectivity index (χ0n) is 17.2. The highest BCUT2D eigenvalue weighted by atomic mass is 79.9. The Kier molecular flexibility index (Phi) is 7.34. The molecule has 3 rings (SSSR count). The van der Waals surface area contributed by atoms with Crippen molar-refractivity contribution in [3.05, 3.63) is 58.6 Å². The molecule has 2 aromatic rings. The first kappa shape index (κ1) is 22.9. The van der Waals surface area contributed by atoms with Gasteiger partial charge in [-0.3, -0.25) is 4.79 Å². The van der Waals surface area contributed by atoms with Crippen LogP contribution in [0.5, 0.6) is 0 Å². The Balaban J connectivity index is 1.75. The van der Waals surface area contributed by atoms with Crippen molar-refractivity contribution >= 4 is 37.5 Å². The van der Waals surface area contributed by atoms with E-state index in [-0.39, 0.29) is 23.5 Å². The van der Waals surface area contributed by atoms with Crippen LogP contribution in [0, 0.1) is 0 Å². The van der Waals surface area contributed by atoms with Gasteiger partial charge in [0.25, 0.3) is 0 Å². The predicted octanol–water partition coefficient (Wildman–Crippen LogP) is 4.21. The van der Waals surface area contributed by atoms with Crippen LogP contribution in [0.1, 0.15) is 38.2 Å². The van der Waals surface area contributed by atoms with Crippen molar-refractivity contribution in [3.63, 3.8) is 0 Å². The molecule has 8 heteroatoms. The molecule has 162 valence electrons. The second kappa shape index (κ2) is 9.60. The number of rotatable bonds is 8. The lowest BCUT2D eigenvalue weighted by molar-refractivity contribution is -0.121. The fourth-order valence-electron chi connectivity index (χ4n) is 3.98. The number of carbonyl (C=O) groups excluding carboxylic acids is 1. The van der Waals surface area contributed by atoms with Crippen molar-refractivity contribution in [2.24, 2.45) is 0 Å². The predicted molar refractivity (Wildman–Crippen MR) is 121 cm³/mol. The number of amides is 1. The number of nitrogens with one attached hydrogen (secondary N) is 2. The van der Waals surface area contributed by atoms with Gasteiger partial charge in [-0.05, 0) is 61.7 Å². The number of benzene rings is 2. The molecule has 0 aromatic heterocycles. The highest BCUT2D eigenvalue weighted by Gasteiger charge is 2.42. The molecular weight excluding hydrogens is 468 g/mol. The van der Waals surface area contributed by atoms with E-state index >= 15 is 0 Å². The minimum atomic E-state index is -3.65. The molecule has 1 aliphatic carbocycles. The van der Waals surface area contributed by atoms with Gasteiger partial charge in [0.05, 0.1) is 16.9 Å². The summed E-state index contributed by atoms with van der Waals surface area (Å²) < 4.78 is 33.4. The van der Waals surface area contributed by atoms with Crippen molar-refractivity contribution in [1.29, 1.82) is 0 Å². The van der Waals surface area contributed by atoms with Crippen molar-refractivity contribution in [3.8, 4) is 0 Å². The first-order valence-corrected chi connectivity index (χ1v) is 12.2. The molecule has 1 saturated carbocycles. The zero-order valence-corrected chi connectivity index (χ0v) is 19.6. The molecule has 6 nitrogen and oxygen atoms in total. The minimum absolute atomic E-state index is 0.0511. The summed E-state index contributed by atoms with van der Waals surface area (Å²) in [6.45, 7) is 2.02. The van der Waals surface area contributed by atoms with Crippen LogP contribution in [-0.4, -0.2) is 34.1 Å². The molecule has 1 unspecified atom stereocenters. The van der Waals surface area contributed by atoms with Crippen molar-refractivity contribution in [2.45, 2.75) is 49.0 Å². The Bertz CT molecular complexity index is 969. The Hall–Kier alpha value is -1.74. The molecule has 2 aromatic carbocycles. The molecular formula is C22H27BrN2O4S. The third kappa shape index (κ3) is 5.11. The van der Waals surface area contributed by atoms with Gasteiger partial charge in [-0.25, -0.2) is 13.1 Å². The van der Waals surface area contributed by atoms with E-state index in [1.165, 1.54) is 19.2 Å². The maximum atomic E-state index is 13.3. The Morgan fingerprint density at radius 1 is 1.10 bits per heavy atom. The van der Waals surface area contributed by atoms with Gasteiger partial charge in [0.15, 0.2) is 0 Å². The summed E-state index contributed by atoms with van der Waals surface area (Å²) >= 11 is 3.45. The van der Waals surface area contributed by atoms with Gasteiger partial charge in [-0.15, -0.1) is 0 Å². The van der Waals surface area contributed by atoms with Crippen molar-refractivity contribution in [2.75, 3.05) is 19.0 Å². The molecule has 0 spiro atoms. The summed E-state index contributed by atoms with van der Waals surface area (Å²) in [6, 6.07) is 13.8. The number of halogens is 1. The van der Waals surface area contributed by atoms with Crippen LogP contribution in [0.4, 0.5) is 5.69 Å². The number of hydrogen-bond acceptors (Lipinski definition) is 4. The molecule has 0 bridgehead atoms. The van der Waals surface area contributed by atoms with Crippen molar-refractivity contribution in [1.82, 2.24) is 4.72 Å². The molecule has 0 heterocycles. The Morgan fingerprint density at radius 3 is 2.27 bits per heavy atom. The fourth-order valence-corrected chi connectivity index (χ4v) is 5.47. The lowest BCUT2D eigenvalue weighted by Gasteiger charge is -2.28. The maximum Gasteiger partial charge on any atom is 0.240 e.